The number of hydrogen-bond acceptors (Lipinski definition) is 5. The standard InChI is InChI=1S/C18H17NO4S/c1-10-11(2)24-17(15(10)18(21)22-3)19-16(20)13-8-12-6-4-5-7-14(12)23-9-13/h4-8H,9H2,1-3H3,(H,19,20). The van der Waals surface area contributed by atoms with E-state index < -0.39 is 5.97 Å². The van der Waals surface area contributed by atoms with E-state index >= 15 is 0 Å². The van der Waals surface area contributed by atoms with Crippen molar-refractivity contribution in [1.82, 2.24) is 0 Å². The van der Waals surface area contributed by atoms with Crippen molar-refractivity contribution in [2.75, 3.05) is 19.0 Å². The summed E-state index contributed by atoms with van der Waals surface area (Å²) >= 11 is 1.36. The molecule has 2 heterocycles. The topological polar surface area (TPSA) is 64.6 Å². The van der Waals surface area contributed by atoms with E-state index in [4.69, 9.17) is 9.47 Å². The quantitative estimate of drug-likeness (QED) is 0.866. The Morgan fingerprint density at radius 3 is 2.75 bits per heavy atom. The van der Waals surface area contributed by atoms with Crippen molar-refractivity contribution < 1.29 is 19.1 Å². The zero-order chi connectivity index (χ0) is 17.3. The van der Waals surface area contributed by atoms with Gasteiger partial charge in [0.05, 0.1) is 18.2 Å². The van der Waals surface area contributed by atoms with E-state index in [0.29, 0.717) is 16.1 Å². The molecule has 1 aromatic heterocycles. The molecule has 2 aromatic rings. The maximum atomic E-state index is 12.6. The number of rotatable bonds is 3. The van der Waals surface area contributed by atoms with Gasteiger partial charge in [-0.3, -0.25) is 4.79 Å². The van der Waals surface area contributed by atoms with Crippen LogP contribution in [0.25, 0.3) is 6.08 Å². The summed E-state index contributed by atoms with van der Waals surface area (Å²) in [6, 6.07) is 7.53. The largest absolute Gasteiger partial charge is 0.488 e. The molecule has 3 rings (SSSR count). The van der Waals surface area contributed by atoms with E-state index in [0.717, 1.165) is 21.8 Å². The summed E-state index contributed by atoms with van der Waals surface area (Å²) in [6.45, 7) is 3.94. The smallest absolute Gasteiger partial charge is 0.341 e. The van der Waals surface area contributed by atoms with Gasteiger partial charge in [-0.15, -0.1) is 11.3 Å². The van der Waals surface area contributed by atoms with E-state index in [2.05, 4.69) is 5.32 Å². The SMILES string of the molecule is COC(=O)c1c(NC(=O)C2=Cc3ccccc3OC2)sc(C)c1C. The number of anilines is 1. The summed E-state index contributed by atoms with van der Waals surface area (Å²) in [7, 11) is 1.33. The molecule has 6 heteroatoms. The Labute approximate surface area is 143 Å². The van der Waals surface area contributed by atoms with Gasteiger partial charge in [-0.1, -0.05) is 18.2 Å². The Morgan fingerprint density at radius 1 is 1.25 bits per heavy atom. The molecule has 0 atom stereocenters. The highest BCUT2D eigenvalue weighted by molar-refractivity contribution is 7.16. The number of thiophene rings is 1. The van der Waals surface area contributed by atoms with Gasteiger partial charge in [-0.05, 0) is 31.6 Å². The molecule has 1 N–H and O–H groups in total. The minimum absolute atomic E-state index is 0.194. The maximum absolute atomic E-state index is 12.6. The number of carbonyl (C=O) groups excluding carboxylic acids is 2. The van der Waals surface area contributed by atoms with Crippen molar-refractivity contribution in [2.45, 2.75) is 13.8 Å². The highest BCUT2D eigenvalue weighted by Gasteiger charge is 2.24. The van der Waals surface area contributed by atoms with E-state index in [9.17, 15) is 9.59 Å². The summed E-state index contributed by atoms with van der Waals surface area (Å²) in [5.74, 6) is 0.0226. The second-order valence-corrected chi connectivity index (χ2v) is 6.65. The Balaban J connectivity index is 1.88. The number of fused-ring (bicyclic) bond motifs is 1. The van der Waals surface area contributed by atoms with Crippen LogP contribution in [0.3, 0.4) is 0 Å². The fourth-order valence-electron chi connectivity index (χ4n) is 2.49. The first-order chi connectivity index (χ1) is 11.5. The fraction of sp³-hybridized carbons (Fsp3) is 0.222. The van der Waals surface area contributed by atoms with Crippen LogP contribution in [-0.2, 0) is 9.53 Å². The lowest BCUT2D eigenvalue weighted by Gasteiger charge is -2.17. The van der Waals surface area contributed by atoms with Crippen LogP contribution in [-0.4, -0.2) is 25.6 Å². The molecule has 1 aliphatic rings. The number of hydrogen-bond donors (Lipinski definition) is 1. The molecule has 0 unspecified atom stereocenters. The second-order valence-electron chi connectivity index (χ2n) is 5.43. The van der Waals surface area contributed by atoms with Crippen LogP contribution in [0.5, 0.6) is 5.75 Å². The Morgan fingerprint density at radius 2 is 2.00 bits per heavy atom. The van der Waals surface area contributed by atoms with Gasteiger partial charge in [0.1, 0.15) is 17.4 Å². The van der Waals surface area contributed by atoms with Gasteiger partial charge < -0.3 is 14.8 Å². The molecule has 5 nitrogen and oxygen atoms in total. The normalized spacial score (nSPS) is 12.7. The van der Waals surface area contributed by atoms with Crippen LogP contribution in [0.4, 0.5) is 5.00 Å². The highest BCUT2D eigenvalue weighted by atomic mass is 32.1. The first kappa shape index (κ1) is 16.3. The molecule has 1 aromatic carbocycles. The third-order valence-electron chi connectivity index (χ3n) is 3.93. The molecular formula is C18H17NO4S. The number of methoxy groups -OCH3 is 1. The number of amides is 1. The zero-order valence-corrected chi connectivity index (χ0v) is 14.5. The molecule has 24 heavy (non-hydrogen) atoms. The van der Waals surface area contributed by atoms with Crippen LogP contribution in [0.1, 0.15) is 26.4 Å². The van der Waals surface area contributed by atoms with E-state index in [1.165, 1.54) is 18.4 Å². The number of para-hydroxylation sites is 1. The highest BCUT2D eigenvalue weighted by Crippen LogP contribution is 2.34. The number of benzene rings is 1. The monoisotopic (exact) mass is 343 g/mol. The molecule has 1 aliphatic heterocycles. The molecule has 124 valence electrons. The molecule has 0 saturated carbocycles. The summed E-state index contributed by atoms with van der Waals surface area (Å²) in [5, 5.41) is 3.32. The fourth-order valence-corrected chi connectivity index (χ4v) is 3.54. The van der Waals surface area contributed by atoms with Gasteiger partial charge in [-0.2, -0.15) is 0 Å². The predicted molar refractivity (Wildman–Crippen MR) is 93.7 cm³/mol. The molecule has 0 bridgehead atoms. The van der Waals surface area contributed by atoms with Crippen LogP contribution in [0.2, 0.25) is 0 Å². The van der Waals surface area contributed by atoms with Gasteiger partial charge in [0.25, 0.3) is 5.91 Å². The van der Waals surface area contributed by atoms with Crippen molar-refractivity contribution in [3.8, 4) is 5.75 Å². The Bertz CT molecular complexity index is 851. The molecule has 0 saturated heterocycles. The average Bonchev–Trinajstić information content (AvgIpc) is 2.87. The number of aryl methyl sites for hydroxylation is 1. The predicted octanol–water partition coefficient (Wildman–Crippen LogP) is 3.57. The summed E-state index contributed by atoms with van der Waals surface area (Å²) < 4.78 is 10.4. The third-order valence-corrected chi connectivity index (χ3v) is 5.05. The van der Waals surface area contributed by atoms with Gasteiger partial charge in [-0.25, -0.2) is 4.79 Å². The van der Waals surface area contributed by atoms with Crippen LogP contribution in [0.15, 0.2) is 29.8 Å². The first-order valence-electron chi connectivity index (χ1n) is 7.43. The maximum Gasteiger partial charge on any atom is 0.341 e. The van der Waals surface area contributed by atoms with Gasteiger partial charge in [0, 0.05) is 10.4 Å². The molecule has 0 spiro atoms. The second kappa shape index (κ2) is 6.49. The van der Waals surface area contributed by atoms with Crippen molar-refractivity contribution in [2.24, 2.45) is 0 Å². The van der Waals surface area contributed by atoms with Crippen molar-refractivity contribution in [3.05, 3.63) is 51.4 Å². The molecule has 0 aliphatic carbocycles. The minimum Gasteiger partial charge on any atom is -0.488 e. The number of carbonyl (C=O) groups is 2. The summed E-state index contributed by atoms with van der Waals surface area (Å²) in [6.07, 6.45) is 1.80. The number of esters is 1. The lowest BCUT2D eigenvalue weighted by Crippen LogP contribution is -2.21. The van der Waals surface area contributed by atoms with E-state index in [-0.39, 0.29) is 12.5 Å². The molecular weight excluding hydrogens is 326 g/mol. The Hall–Kier alpha value is -2.60. The zero-order valence-electron chi connectivity index (χ0n) is 13.6. The first-order valence-corrected chi connectivity index (χ1v) is 8.25. The average molecular weight is 343 g/mol. The Kier molecular flexibility index (Phi) is 4.40. The summed E-state index contributed by atoms with van der Waals surface area (Å²) in [5.41, 5.74) is 2.60. The van der Waals surface area contributed by atoms with Gasteiger partial charge >= 0.3 is 5.97 Å². The van der Waals surface area contributed by atoms with Crippen LogP contribution >= 0.6 is 11.3 Å². The van der Waals surface area contributed by atoms with E-state index in [1.807, 2.05) is 38.1 Å². The minimum atomic E-state index is -0.452. The van der Waals surface area contributed by atoms with Gasteiger partial charge in [0.2, 0.25) is 0 Å². The number of nitrogens with one attached hydrogen (secondary N) is 1. The molecule has 1 amide bonds. The molecule has 0 fully saturated rings. The van der Waals surface area contributed by atoms with E-state index in [1.54, 1.807) is 6.08 Å². The molecule has 0 radical (unpaired) electrons. The van der Waals surface area contributed by atoms with Crippen LogP contribution in [0, 0.1) is 13.8 Å². The lowest BCUT2D eigenvalue weighted by molar-refractivity contribution is -0.113. The van der Waals surface area contributed by atoms with Crippen LogP contribution < -0.4 is 10.1 Å². The number of ether oxygens (including phenoxy) is 2. The van der Waals surface area contributed by atoms with Crippen molar-refractivity contribution in [3.63, 3.8) is 0 Å². The van der Waals surface area contributed by atoms with Gasteiger partial charge in [0.15, 0.2) is 0 Å². The third kappa shape index (κ3) is 2.92. The van der Waals surface area contributed by atoms with Crippen molar-refractivity contribution >= 4 is 34.3 Å². The lowest BCUT2D eigenvalue weighted by atomic mass is 10.1. The summed E-state index contributed by atoms with van der Waals surface area (Å²) in [4.78, 5) is 25.5. The van der Waals surface area contributed by atoms with Crippen molar-refractivity contribution in [1.29, 1.82) is 0 Å².